The van der Waals surface area contributed by atoms with Crippen LogP contribution in [-0.4, -0.2) is 17.8 Å². The highest BCUT2D eigenvalue weighted by Gasteiger charge is 2.33. The van der Waals surface area contributed by atoms with E-state index in [1.807, 2.05) is 11.3 Å². The summed E-state index contributed by atoms with van der Waals surface area (Å²) in [4.78, 5) is 1.49. The molecule has 2 aliphatic rings. The molecule has 0 saturated heterocycles. The van der Waals surface area contributed by atoms with E-state index in [0.29, 0.717) is 12.0 Å². The predicted molar refractivity (Wildman–Crippen MR) is 75.8 cm³/mol. The van der Waals surface area contributed by atoms with Crippen LogP contribution >= 0.6 is 11.3 Å². The zero-order valence-electron chi connectivity index (χ0n) is 10.8. The number of nitrogens with one attached hydrogen (secondary N) is 1. The van der Waals surface area contributed by atoms with Gasteiger partial charge in [-0.25, -0.2) is 0 Å². The average molecular weight is 265 g/mol. The summed E-state index contributed by atoms with van der Waals surface area (Å²) in [5, 5.41) is 15.7. The van der Waals surface area contributed by atoms with E-state index in [-0.39, 0.29) is 6.10 Å². The Hall–Kier alpha value is -0.380. The lowest BCUT2D eigenvalue weighted by atomic mass is 9.87. The minimum Gasteiger partial charge on any atom is -0.393 e. The molecule has 3 atom stereocenters. The SMILES string of the molecule is OC1CCCC(CNC(c2cccs2)C2CC2)C1. The van der Waals surface area contributed by atoms with Crippen molar-refractivity contribution in [1.82, 2.24) is 5.32 Å². The molecule has 1 aromatic heterocycles. The second kappa shape index (κ2) is 5.72. The number of hydrogen-bond acceptors (Lipinski definition) is 3. The largest absolute Gasteiger partial charge is 0.393 e. The molecule has 0 radical (unpaired) electrons. The number of thiophene rings is 1. The molecule has 100 valence electrons. The van der Waals surface area contributed by atoms with Crippen molar-refractivity contribution < 1.29 is 5.11 Å². The third kappa shape index (κ3) is 3.14. The first kappa shape index (κ1) is 12.6. The molecule has 2 saturated carbocycles. The summed E-state index contributed by atoms with van der Waals surface area (Å²) < 4.78 is 0. The average Bonchev–Trinajstić information content (AvgIpc) is 3.05. The fraction of sp³-hybridized carbons (Fsp3) is 0.733. The Morgan fingerprint density at radius 3 is 2.89 bits per heavy atom. The molecule has 3 unspecified atom stereocenters. The van der Waals surface area contributed by atoms with E-state index >= 15 is 0 Å². The van der Waals surface area contributed by atoms with Gasteiger partial charge in [-0.3, -0.25) is 0 Å². The third-order valence-corrected chi connectivity index (χ3v) is 5.28. The van der Waals surface area contributed by atoms with Crippen LogP contribution in [0.2, 0.25) is 0 Å². The topological polar surface area (TPSA) is 32.3 Å². The summed E-state index contributed by atoms with van der Waals surface area (Å²) in [6.45, 7) is 1.08. The Kier molecular flexibility index (Phi) is 4.02. The van der Waals surface area contributed by atoms with Gasteiger partial charge >= 0.3 is 0 Å². The number of hydrogen-bond donors (Lipinski definition) is 2. The van der Waals surface area contributed by atoms with E-state index in [1.54, 1.807) is 0 Å². The van der Waals surface area contributed by atoms with Crippen molar-refractivity contribution in [3.8, 4) is 0 Å². The lowest BCUT2D eigenvalue weighted by Gasteiger charge is -2.28. The van der Waals surface area contributed by atoms with Gasteiger partial charge in [-0.1, -0.05) is 12.5 Å². The maximum absolute atomic E-state index is 9.72. The van der Waals surface area contributed by atoms with E-state index in [4.69, 9.17) is 0 Å². The van der Waals surface area contributed by atoms with E-state index in [0.717, 1.165) is 25.3 Å². The summed E-state index contributed by atoms with van der Waals surface area (Å²) in [6.07, 6.45) is 7.19. The molecule has 0 spiro atoms. The molecule has 1 aromatic rings. The van der Waals surface area contributed by atoms with Gasteiger partial charge in [-0.2, -0.15) is 0 Å². The van der Waals surface area contributed by atoms with Crippen LogP contribution in [0.1, 0.15) is 49.4 Å². The van der Waals surface area contributed by atoms with Gasteiger partial charge in [0.1, 0.15) is 0 Å². The highest BCUT2D eigenvalue weighted by Crippen LogP contribution is 2.42. The van der Waals surface area contributed by atoms with Crippen molar-refractivity contribution in [1.29, 1.82) is 0 Å². The second-order valence-electron chi connectivity index (χ2n) is 5.93. The Morgan fingerprint density at radius 2 is 2.22 bits per heavy atom. The van der Waals surface area contributed by atoms with Gasteiger partial charge in [0, 0.05) is 10.9 Å². The van der Waals surface area contributed by atoms with E-state index in [1.165, 1.54) is 30.6 Å². The number of rotatable bonds is 5. The molecule has 2 fully saturated rings. The smallest absolute Gasteiger partial charge is 0.0543 e. The van der Waals surface area contributed by atoms with Crippen molar-refractivity contribution in [3.05, 3.63) is 22.4 Å². The van der Waals surface area contributed by atoms with Crippen LogP contribution in [0.15, 0.2) is 17.5 Å². The molecule has 3 heteroatoms. The molecule has 3 rings (SSSR count). The quantitative estimate of drug-likeness (QED) is 0.856. The highest BCUT2D eigenvalue weighted by molar-refractivity contribution is 7.10. The third-order valence-electron chi connectivity index (χ3n) is 4.32. The molecular weight excluding hydrogens is 242 g/mol. The predicted octanol–water partition coefficient (Wildman–Crippen LogP) is 3.34. The zero-order valence-corrected chi connectivity index (χ0v) is 11.7. The van der Waals surface area contributed by atoms with E-state index < -0.39 is 0 Å². The fourth-order valence-electron chi connectivity index (χ4n) is 3.14. The van der Waals surface area contributed by atoms with Crippen LogP contribution in [0.3, 0.4) is 0 Å². The van der Waals surface area contributed by atoms with Gasteiger partial charge in [0.2, 0.25) is 0 Å². The summed E-state index contributed by atoms with van der Waals surface area (Å²) in [6, 6.07) is 4.99. The normalized spacial score (nSPS) is 30.3. The fourth-order valence-corrected chi connectivity index (χ4v) is 4.03. The van der Waals surface area contributed by atoms with Gasteiger partial charge in [0.25, 0.3) is 0 Å². The van der Waals surface area contributed by atoms with E-state index in [2.05, 4.69) is 22.8 Å². The van der Waals surface area contributed by atoms with Gasteiger partial charge in [-0.15, -0.1) is 11.3 Å². The molecule has 0 aliphatic heterocycles. The number of aliphatic hydroxyl groups is 1. The summed E-state index contributed by atoms with van der Waals surface area (Å²) in [5.74, 6) is 1.53. The van der Waals surface area contributed by atoms with Crippen LogP contribution in [0.25, 0.3) is 0 Å². The van der Waals surface area contributed by atoms with Crippen molar-refractivity contribution in [2.75, 3.05) is 6.54 Å². The molecule has 18 heavy (non-hydrogen) atoms. The maximum atomic E-state index is 9.72. The summed E-state index contributed by atoms with van der Waals surface area (Å²) in [7, 11) is 0. The minimum atomic E-state index is -0.0494. The van der Waals surface area contributed by atoms with Gasteiger partial charge in [0.05, 0.1) is 6.10 Å². The zero-order chi connectivity index (χ0) is 12.4. The van der Waals surface area contributed by atoms with Gasteiger partial charge in [-0.05, 0) is 61.9 Å². The van der Waals surface area contributed by atoms with Crippen molar-refractivity contribution in [2.24, 2.45) is 11.8 Å². The Bertz CT molecular complexity index is 361. The molecule has 0 bridgehead atoms. The first-order valence-corrected chi connectivity index (χ1v) is 8.15. The molecule has 2 N–H and O–H groups in total. The lowest BCUT2D eigenvalue weighted by molar-refractivity contribution is 0.0993. The second-order valence-corrected chi connectivity index (χ2v) is 6.90. The number of aliphatic hydroxyl groups excluding tert-OH is 1. The van der Waals surface area contributed by atoms with Gasteiger partial charge < -0.3 is 10.4 Å². The van der Waals surface area contributed by atoms with Gasteiger partial charge in [0.15, 0.2) is 0 Å². The maximum Gasteiger partial charge on any atom is 0.0543 e. The molecule has 2 nitrogen and oxygen atoms in total. The summed E-state index contributed by atoms with van der Waals surface area (Å²) >= 11 is 1.87. The van der Waals surface area contributed by atoms with Crippen LogP contribution in [0, 0.1) is 11.8 Å². The monoisotopic (exact) mass is 265 g/mol. The molecular formula is C15H23NOS. The van der Waals surface area contributed by atoms with Crippen molar-refractivity contribution in [3.63, 3.8) is 0 Å². The minimum absolute atomic E-state index is 0.0494. The Morgan fingerprint density at radius 1 is 1.33 bits per heavy atom. The first-order valence-electron chi connectivity index (χ1n) is 7.28. The van der Waals surface area contributed by atoms with Crippen molar-refractivity contribution >= 4 is 11.3 Å². The Balaban J connectivity index is 1.54. The van der Waals surface area contributed by atoms with Crippen LogP contribution in [-0.2, 0) is 0 Å². The molecule has 0 amide bonds. The van der Waals surface area contributed by atoms with Crippen molar-refractivity contribution in [2.45, 2.75) is 50.7 Å². The molecule has 1 heterocycles. The lowest BCUT2D eigenvalue weighted by Crippen LogP contribution is -2.32. The standard InChI is InChI=1S/C15H23NOS/c17-13-4-1-3-11(9-13)10-16-15(12-6-7-12)14-5-2-8-18-14/h2,5,8,11-13,15-17H,1,3-4,6-7,9-10H2. The molecule has 0 aromatic carbocycles. The van der Waals surface area contributed by atoms with E-state index in [9.17, 15) is 5.11 Å². The first-order chi connectivity index (χ1) is 8.83. The van der Waals surface area contributed by atoms with Crippen LogP contribution < -0.4 is 5.32 Å². The Labute approximate surface area is 113 Å². The van der Waals surface area contributed by atoms with Crippen LogP contribution in [0.4, 0.5) is 0 Å². The summed E-state index contributed by atoms with van der Waals surface area (Å²) in [5.41, 5.74) is 0. The molecule has 2 aliphatic carbocycles. The highest BCUT2D eigenvalue weighted by atomic mass is 32.1. The van der Waals surface area contributed by atoms with Crippen LogP contribution in [0.5, 0.6) is 0 Å².